The van der Waals surface area contributed by atoms with E-state index in [9.17, 15) is 4.39 Å². The van der Waals surface area contributed by atoms with E-state index in [1.165, 1.54) is 6.07 Å². The fourth-order valence-electron chi connectivity index (χ4n) is 2.71. The number of ether oxygens (including phenoxy) is 2. The number of hydrogen-bond acceptors (Lipinski definition) is 3. The van der Waals surface area contributed by atoms with E-state index in [-0.39, 0.29) is 5.82 Å². The van der Waals surface area contributed by atoms with Crippen LogP contribution in [0.1, 0.15) is 22.3 Å². The van der Waals surface area contributed by atoms with Crippen LogP contribution in [0.5, 0.6) is 11.5 Å². The lowest BCUT2D eigenvalue weighted by Crippen LogP contribution is -2.14. The summed E-state index contributed by atoms with van der Waals surface area (Å²) in [5, 5.41) is 3.39. The van der Waals surface area contributed by atoms with Gasteiger partial charge in [-0.25, -0.2) is 4.39 Å². The summed E-state index contributed by atoms with van der Waals surface area (Å²) < 4.78 is 24.0. The first-order valence-electron chi connectivity index (χ1n) is 7.89. The van der Waals surface area contributed by atoms with Gasteiger partial charge in [0.1, 0.15) is 5.82 Å². The molecule has 1 N–H and O–H groups in total. The average molecular weight is 329 g/mol. The topological polar surface area (TPSA) is 30.5 Å². The minimum Gasteiger partial charge on any atom is -0.493 e. The third-order valence-corrected chi connectivity index (χ3v) is 3.93. The Morgan fingerprint density at radius 2 is 1.88 bits per heavy atom. The highest BCUT2D eigenvalue weighted by molar-refractivity contribution is 5.50. The van der Waals surface area contributed by atoms with Gasteiger partial charge in [-0.05, 0) is 48.2 Å². The molecule has 0 saturated carbocycles. The van der Waals surface area contributed by atoms with Crippen LogP contribution in [0.4, 0.5) is 4.39 Å². The summed E-state index contributed by atoms with van der Waals surface area (Å²) in [6.45, 7) is 7.07. The highest BCUT2D eigenvalue weighted by Gasteiger charge is 2.11. The number of allylic oxidation sites excluding steroid dienone is 1. The normalized spacial score (nSPS) is 10.5. The maximum absolute atomic E-state index is 13.2. The lowest BCUT2D eigenvalue weighted by atomic mass is 10.0. The summed E-state index contributed by atoms with van der Waals surface area (Å²) in [6, 6.07) is 8.91. The maximum Gasteiger partial charge on any atom is 0.164 e. The Morgan fingerprint density at radius 3 is 2.50 bits per heavy atom. The van der Waals surface area contributed by atoms with E-state index in [2.05, 4.69) is 18.0 Å². The molecule has 0 unspecified atom stereocenters. The first kappa shape index (κ1) is 18.0. The molecule has 0 aliphatic heterocycles. The van der Waals surface area contributed by atoms with Gasteiger partial charge in [0.25, 0.3) is 0 Å². The monoisotopic (exact) mass is 329 g/mol. The molecule has 0 bridgehead atoms. The molecule has 2 rings (SSSR count). The van der Waals surface area contributed by atoms with Gasteiger partial charge >= 0.3 is 0 Å². The highest BCUT2D eigenvalue weighted by Crippen LogP contribution is 2.33. The van der Waals surface area contributed by atoms with Crippen molar-refractivity contribution in [3.05, 3.63) is 71.1 Å². The van der Waals surface area contributed by atoms with Gasteiger partial charge in [0.15, 0.2) is 11.5 Å². The molecule has 0 aromatic heterocycles. The number of rotatable bonds is 8. The molecule has 2 aromatic carbocycles. The molecule has 2 aromatic rings. The number of methoxy groups -OCH3 is 2. The fourth-order valence-corrected chi connectivity index (χ4v) is 2.71. The second-order valence-electron chi connectivity index (χ2n) is 5.66. The molecule has 0 heterocycles. The molecule has 3 nitrogen and oxygen atoms in total. The zero-order valence-corrected chi connectivity index (χ0v) is 14.5. The predicted octanol–water partition coefficient (Wildman–Crippen LogP) is 4.17. The smallest absolute Gasteiger partial charge is 0.164 e. The standard InChI is InChI=1S/C20H24FNO2/c1-5-6-16-10-15(11-19(23-3)20(16)24-4)12-22-13-17-7-8-18(21)9-14(17)2/h5,7-11,22H,1,6,12-13H2,2-4H3. The zero-order valence-electron chi connectivity index (χ0n) is 14.5. The van der Waals surface area contributed by atoms with Gasteiger partial charge in [-0.2, -0.15) is 0 Å². The van der Waals surface area contributed by atoms with Gasteiger partial charge in [-0.15, -0.1) is 6.58 Å². The van der Waals surface area contributed by atoms with Crippen LogP contribution in [0.15, 0.2) is 43.0 Å². The molecule has 0 amide bonds. The molecule has 0 saturated heterocycles. The van der Waals surface area contributed by atoms with Gasteiger partial charge in [-0.3, -0.25) is 0 Å². The van der Waals surface area contributed by atoms with Crippen molar-refractivity contribution >= 4 is 0 Å². The number of aryl methyl sites for hydroxylation is 1. The van der Waals surface area contributed by atoms with Gasteiger partial charge in [0.2, 0.25) is 0 Å². The van der Waals surface area contributed by atoms with Crippen LogP contribution >= 0.6 is 0 Å². The summed E-state index contributed by atoms with van der Waals surface area (Å²) in [4.78, 5) is 0. The van der Waals surface area contributed by atoms with Crippen molar-refractivity contribution < 1.29 is 13.9 Å². The van der Waals surface area contributed by atoms with Crippen LogP contribution in [0.3, 0.4) is 0 Å². The molecule has 0 aliphatic carbocycles. The Kier molecular flexibility index (Phi) is 6.38. The lowest BCUT2D eigenvalue weighted by Gasteiger charge is -2.15. The number of nitrogens with one attached hydrogen (secondary N) is 1. The van der Waals surface area contributed by atoms with Crippen molar-refractivity contribution in [2.24, 2.45) is 0 Å². The van der Waals surface area contributed by atoms with Crippen LogP contribution in [0.2, 0.25) is 0 Å². The van der Waals surface area contributed by atoms with Crippen LogP contribution in [0.25, 0.3) is 0 Å². The highest BCUT2D eigenvalue weighted by atomic mass is 19.1. The molecule has 4 heteroatoms. The van der Waals surface area contributed by atoms with Crippen LogP contribution in [-0.4, -0.2) is 14.2 Å². The number of benzene rings is 2. The Morgan fingerprint density at radius 1 is 1.08 bits per heavy atom. The van der Waals surface area contributed by atoms with Crippen LogP contribution in [-0.2, 0) is 19.5 Å². The van der Waals surface area contributed by atoms with E-state index < -0.39 is 0 Å². The summed E-state index contributed by atoms with van der Waals surface area (Å²) in [6.07, 6.45) is 2.56. The van der Waals surface area contributed by atoms with Crippen molar-refractivity contribution in [2.75, 3.05) is 14.2 Å². The second kappa shape index (κ2) is 8.50. The van der Waals surface area contributed by atoms with Crippen LogP contribution < -0.4 is 14.8 Å². The van der Waals surface area contributed by atoms with Crippen molar-refractivity contribution in [1.82, 2.24) is 5.32 Å². The Hall–Kier alpha value is -2.33. The van der Waals surface area contributed by atoms with E-state index in [0.29, 0.717) is 25.3 Å². The molecule has 0 atom stereocenters. The minimum atomic E-state index is -0.204. The molecule has 24 heavy (non-hydrogen) atoms. The third kappa shape index (κ3) is 4.36. The van der Waals surface area contributed by atoms with Crippen LogP contribution in [0, 0.1) is 12.7 Å². The number of hydrogen-bond donors (Lipinski definition) is 1. The predicted molar refractivity (Wildman–Crippen MR) is 95.1 cm³/mol. The van der Waals surface area contributed by atoms with Crippen molar-refractivity contribution in [1.29, 1.82) is 0 Å². The van der Waals surface area contributed by atoms with Gasteiger partial charge in [0, 0.05) is 18.7 Å². The number of halogens is 1. The van der Waals surface area contributed by atoms with Gasteiger partial charge in [0.05, 0.1) is 14.2 Å². The summed E-state index contributed by atoms with van der Waals surface area (Å²) in [5.41, 5.74) is 4.18. The average Bonchev–Trinajstić information content (AvgIpc) is 2.56. The molecular weight excluding hydrogens is 305 g/mol. The van der Waals surface area contributed by atoms with Crippen molar-refractivity contribution in [3.8, 4) is 11.5 Å². The zero-order chi connectivity index (χ0) is 17.5. The molecule has 0 fully saturated rings. The summed E-state index contributed by atoms with van der Waals surface area (Å²) in [5.74, 6) is 1.26. The first-order chi connectivity index (χ1) is 11.6. The third-order valence-electron chi connectivity index (χ3n) is 3.93. The van der Waals surface area contributed by atoms with Gasteiger partial charge in [-0.1, -0.05) is 18.2 Å². The second-order valence-corrected chi connectivity index (χ2v) is 5.66. The minimum absolute atomic E-state index is 0.204. The van der Waals surface area contributed by atoms with E-state index in [1.54, 1.807) is 20.3 Å². The van der Waals surface area contributed by atoms with E-state index in [1.807, 2.05) is 25.1 Å². The Labute approximate surface area is 143 Å². The fraction of sp³-hybridized carbons (Fsp3) is 0.300. The van der Waals surface area contributed by atoms with Crippen molar-refractivity contribution in [2.45, 2.75) is 26.4 Å². The Bertz CT molecular complexity index is 713. The largest absolute Gasteiger partial charge is 0.493 e. The maximum atomic E-state index is 13.2. The van der Waals surface area contributed by atoms with Gasteiger partial charge < -0.3 is 14.8 Å². The Balaban J connectivity index is 2.11. The summed E-state index contributed by atoms with van der Waals surface area (Å²) >= 11 is 0. The molecule has 0 radical (unpaired) electrons. The van der Waals surface area contributed by atoms with Crippen molar-refractivity contribution in [3.63, 3.8) is 0 Å². The first-order valence-corrected chi connectivity index (χ1v) is 7.89. The molecule has 0 aliphatic rings. The van der Waals surface area contributed by atoms with E-state index in [0.717, 1.165) is 28.0 Å². The SMILES string of the molecule is C=CCc1cc(CNCc2ccc(F)cc2C)cc(OC)c1OC. The summed E-state index contributed by atoms with van der Waals surface area (Å²) in [7, 11) is 3.27. The molecule has 0 spiro atoms. The lowest BCUT2D eigenvalue weighted by molar-refractivity contribution is 0.351. The quantitative estimate of drug-likeness (QED) is 0.737. The van der Waals surface area contributed by atoms with E-state index in [4.69, 9.17) is 9.47 Å². The molecule has 128 valence electrons. The van der Waals surface area contributed by atoms with E-state index >= 15 is 0 Å². The molecular formula is C20H24FNO2.